The van der Waals surface area contributed by atoms with Gasteiger partial charge in [-0.3, -0.25) is 0 Å². The fourth-order valence-corrected chi connectivity index (χ4v) is 4.09. The van der Waals surface area contributed by atoms with Gasteiger partial charge in [-0.25, -0.2) is 4.39 Å². The zero-order chi connectivity index (χ0) is 12.7. The van der Waals surface area contributed by atoms with Crippen molar-refractivity contribution in [1.82, 2.24) is 0 Å². The Hall–Kier alpha value is -0.410. The minimum Gasteiger partial charge on any atom is -0.327 e. The van der Waals surface area contributed by atoms with E-state index in [4.69, 9.17) is 5.73 Å². The Labute approximate surface area is 116 Å². The molecule has 0 heterocycles. The predicted octanol–water partition coefficient (Wildman–Crippen LogP) is 3.89. The molecule has 3 rings (SSSR count). The van der Waals surface area contributed by atoms with Gasteiger partial charge < -0.3 is 5.73 Å². The molecule has 0 radical (unpaired) electrons. The molecule has 3 heteroatoms. The highest BCUT2D eigenvalue weighted by Crippen LogP contribution is 2.56. The minimum absolute atomic E-state index is 0.133. The van der Waals surface area contributed by atoms with E-state index in [-0.39, 0.29) is 11.9 Å². The SMILES string of the molecule is NC(Cc1ccc(Br)cc1F)C1C2CCCCC21. The lowest BCUT2D eigenvalue weighted by Gasteiger charge is -2.12. The van der Waals surface area contributed by atoms with Gasteiger partial charge in [0.25, 0.3) is 0 Å². The van der Waals surface area contributed by atoms with Crippen LogP contribution in [0.1, 0.15) is 31.2 Å². The smallest absolute Gasteiger partial charge is 0.127 e. The molecule has 2 N–H and O–H groups in total. The number of benzene rings is 1. The van der Waals surface area contributed by atoms with Crippen molar-refractivity contribution in [2.45, 2.75) is 38.1 Å². The molecule has 18 heavy (non-hydrogen) atoms. The summed E-state index contributed by atoms with van der Waals surface area (Å²) in [5, 5.41) is 0. The molecule has 2 aliphatic carbocycles. The van der Waals surface area contributed by atoms with Crippen molar-refractivity contribution in [2.75, 3.05) is 0 Å². The number of halogens is 2. The van der Waals surface area contributed by atoms with E-state index in [1.807, 2.05) is 12.1 Å². The van der Waals surface area contributed by atoms with Crippen LogP contribution in [0.2, 0.25) is 0 Å². The van der Waals surface area contributed by atoms with E-state index >= 15 is 0 Å². The summed E-state index contributed by atoms with van der Waals surface area (Å²) >= 11 is 3.28. The Bertz CT molecular complexity index is 436. The molecule has 2 saturated carbocycles. The number of nitrogens with two attached hydrogens (primary N) is 1. The van der Waals surface area contributed by atoms with Crippen molar-refractivity contribution in [1.29, 1.82) is 0 Å². The molecular formula is C15H19BrFN. The van der Waals surface area contributed by atoms with E-state index < -0.39 is 0 Å². The first-order valence-corrected chi connectivity index (χ1v) is 7.65. The molecule has 1 nitrogen and oxygen atoms in total. The molecule has 0 aliphatic heterocycles. The fraction of sp³-hybridized carbons (Fsp3) is 0.600. The topological polar surface area (TPSA) is 26.0 Å². The van der Waals surface area contributed by atoms with Crippen molar-refractivity contribution in [2.24, 2.45) is 23.5 Å². The van der Waals surface area contributed by atoms with Crippen LogP contribution < -0.4 is 5.73 Å². The first-order chi connectivity index (χ1) is 8.66. The van der Waals surface area contributed by atoms with Gasteiger partial charge in [-0.1, -0.05) is 34.8 Å². The highest BCUT2D eigenvalue weighted by atomic mass is 79.9. The van der Waals surface area contributed by atoms with Crippen LogP contribution in [0.4, 0.5) is 4.39 Å². The van der Waals surface area contributed by atoms with Crippen LogP contribution >= 0.6 is 15.9 Å². The summed E-state index contributed by atoms with van der Waals surface area (Å²) in [4.78, 5) is 0. The van der Waals surface area contributed by atoms with Crippen molar-refractivity contribution < 1.29 is 4.39 Å². The Morgan fingerprint density at radius 2 is 1.94 bits per heavy atom. The molecule has 3 atom stereocenters. The molecule has 0 amide bonds. The van der Waals surface area contributed by atoms with Crippen molar-refractivity contribution >= 4 is 15.9 Å². The van der Waals surface area contributed by atoms with Crippen LogP contribution in [0.5, 0.6) is 0 Å². The van der Waals surface area contributed by atoms with Crippen LogP contribution in [0.25, 0.3) is 0 Å². The van der Waals surface area contributed by atoms with Crippen LogP contribution in [0.3, 0.4) is 0 Å². The number of fused-ring (bicyclic) bond motifs is 1. The Kier molecular flexibility index (Phi) is 3.46. The molecule has 98 valence electrons. The molecular weight excluding hydrogens is 293 g/mol. The van der Waals surface area contributed by atoms with Crippen LogP contribution in [-0.2, 0) is 6.42 Å². The molecule has 3 unspecified atom stereocenters. The van der Waals surface area contributed by atoms with Gasteiger partial charge in [0.15, 0.2) is 0 Å². The monoisotopic (exact) mass is 311 g/mol. The molecule has 0 saturated heterocycles. The van der Waals surface area contributed by atoms with Gasteiger partial charge >= 0.3 is 0 Å². The molecule has 0 bridgehead atoms. The zero-order valence-corrected chi connectivity index (χ0v) is 12.0. The maximum absolute atomic E-state index is 13.8. The van der Waals surface area contributed by atoms with Crippen molar-refractivity contribution in [3.8, 4) is 0 Å². The Balaban J connectivity index is 1.66. The average molecular weight is 312 g/mol. The number of rotatable bonds is 3. The molecule has 1 aromatic rings. The van der Waals surface area contributed by atoms with Crippen molar-refractivity contribution in [3.63, 3.8) is 0 Å². The van der Waals surface area contributed by atoms with Crippen LogP contribution in [0, 0.1) is 23.6 Å². The quantitative estimate of drug-likeness (QED) is 0.900. The number of hydrogen-bond acceptors (Lipinski definition) is 1. The highest BCUT2D eigenvalue weighted by Gasteiger charge is 2.52. The highest BCUT2D eigenvalue weighted by molar-refractivity contribution is 9.10. The summed E-state index contributed by atoms with van der Waals surface area (Å²) in [7, 11) is 0. The van der Waals surface area contributed by atoms with Gasteiger partial charge in [0.05, 0.1) is 0 Å². The predicted molar refractivity (Wildman–Crippen MR) is 74.7 cm³/mol. The zero-order valence-electron chi connectivity index (χ0n) is 10.4. The second-order valence-electron chi connectivity index (χ2n) is 5.79. The maximum atomic E-state index is 13.8. The van der Waals surface area contributed by atoms with Gasteiger partial charge in [0.2, 0.25) is 0 Å². The van der Waals surface area contributed by atoms with Gasteiger partial charge in [0, 0.05) is 10.5 Å². The van der Waals surface area contributed by atoms with E-state index in [2.05, 4.69) is 15.9 Å². The average Bonchev–Trinajstić information content (AvgIpc) is 3.07. The van der Waals surface area contributed by atoms with Crippen molar-refractivity contribution in [3.05, 3.63) is 34.1 Å². The summed E-state index contributed by atoms with van der Waals surface area (Å²) in [6.07, 6.45) is 6.07. The third-order valence-corrected chi connectivity index (χ3v) is 5.18. The van der Waals surface area contributed by atoms with E-state index in [1.165, 1.54) is 31.7 Å². The van der Waals surface area contributed by atoms with Gasteiger partial charge in [-0.2, -0.15) is 0 Å². The molecule has 2 fully saturated rings. The molecule has 1 aromatic carbocycles. The summed E-state index contributed by atoms with van der Waals surface area (Å²) in [5.41, 5.74) is 7.06. The summed E-state index contributed by atoms with van der Waals surface area (Å²) in [6.45, 7) is 0. The van der Waals surface area contributed by atoms with E-state index in [0.717, 1.165) is 21.9 Å². The van der Waals surface area contributed by atoms with Gasteiger partial charge in [-0.05, 0) is 54.7 Å². The van der Waals surface area contributed by atoms with Gasteiger partial charge in [-0.15, -0.1) is 0 Å². The van der Waals surface area contributed by atoms with Crippen LogP contribution in [0.15, 0.2) is 22.7 Å². The van der Waals surface area contributed by atoms with E-state index in [1.54, 1.807) is 0 Å². The second kappa shape index (κ2) is 4.93. The standard InChI is InChI=1S/C15H19BrFN/c16-10-6-5-9(13(17)8-10)7-14(18)15-11-3-1-2-4-12(11)15/h5-6,8,11-12,14-15H,1-4,7,18H2. The minimum atomic E-state index is -0.136. The second-order valence-corrected chi connectivity index (χ2v) is 6.71. The summed E-state index contributed by atoms with van der Waals surface area (Å²) in [6, 6.07) is 5.41. The first kappa shape index (κ1) is 12.6. The Morgan fingerprint density at radius 1 is 1.28 bits per heavy atom. The molecule has 0 spiro atoms. The lowest BCUT2D eigenvalue weighted by Crippen LogP contribution is -2.27. The maximum Gasteiger partial charge on any atom is 0.127 e. The number of hydrogen-bond donors (Lipinski definition) is 1. The lowest BCUT2D eigenvalue weighted by molar-refractivity contribution is 0.480. The van der Waals surface area contributed by atoms with E-state index in [9.17, 15) is 4.39 Å². The normalized spacial score (nSPS) is 31.8. The third-order valence-electron chi connectivity index (χ3n) is 4.69. The van der Waals surface area contributed by atoms with E-state index in [0.29, 0.717) is 12.3 Å². The Morgan fingerprint density at radius 3 is 2.56 bits per heavy atom. The largest absolute Gasteiger partial charge is 0.327 e. The third kappa shape index (κ3) is 2.35. The summed E-state index contributed by atoms with van der Waals surface area (Å²) in [5.74, 6) is 2.19. The van der Waals surface area contributed by atoms with Crippen LogP contribution in [-0.4, -0.2) is 6.04 Å². The molecule has 0 aromatic heterocycles. The van der Waals surface area contributed by atoms with Gasteiger partial charge in [0.1, 0.15) is 5.82 Å². The fourth-order valence-electron chi connectivity index (χ4n) is 3.76. The molecule has 2 aliphatic rings. The summed E-state index contributed by atoms with van der Waals surface area (Å²) < 4.78 is 14.6. The first-order valence-electron chi connectivity index (χ1n) is 6.86. The lowest BCUT2D eigenvalue weighted by atomic mass is 10.0.